The van der Waals surface area contributed by atoms with Crippen LogP contribution in [-0.2, 0) is 4.79 Å². The summed E-state index contributed by atoms with van der Waals surface area (Å²) in [6, 6.07) is 15.2. The molecule has 0 saturated carbocycles. The fourth-order valence-corrected chi connectivity index (χ4v) is 3.23. The molecule has 5 heteroatoms. The normalized spacial score (nSPS) is 14.0. The molecule has 0 radical (unpaired) electrons. The van der Waals surface area contributed by atoms with Crippen LogP contribution in [0, 0.1) is 0 Å². The number of hydrogen-bond donors (Lipinski definition) is 2. The number of rotatable bonds is 6. The van der Waals surface area contributed by atoms with Gasteiger partial charge in [0.2, 0.25) is 5.91 Å². The topological polar surface area (TPSA) is 61.4 Å². The Hall–Kier alpha value is -2.82. The summed E-state index contributed by atoms with van der Waals surface area (Å²) in [4.78, 5) is 26.2. The zero-order valence-corrected chi connectivity index (χ0v) is 15.1. The van der Waals surface area contributed by atoms with Crippen molar-refractivity contribution in [3.63, 3.8) is 0 Å². The second-order valence-corrected chi connectivity index (χ2v) is 6.60. The molecule has 1 saturated heterocycles. The van der Waals surface area contributed by atoms with Gasteiger partial charge in [-0.05, 0) is 62.6 Å². The summed E-state index contributed by atoms with van der Waals surface area (Å²) in [5.74, 6) is -0.170. The van der Waals surface area contributed by atoms with Gasteiger partial charge in [0.1, 0.15) is 0 Å². The van der Waals surface area contributed by atoms with Crippen molar-refractivity contribution >= 4 is 28.8 Å². The third kappa shape index (κ3) is 4.63. The first-order chi connectivity index (χ1) is 12.6. The summed E-state index contributed by atoms with van der Waals surface area (Å²) >= 11 is 0. The predicted molar refractivity (Wildman–Crippen MR) is 106 cm³/mol. The standard InChI is InChI=1S/C21H25N3O2/c1-16(25)19-7-3-4-8-20(19)22-15-21(26)23-17-9-11-18(12-10-17)24-13-5-2-6-14-24/h3-4,7-12,22H,2,5-6,13-15H2,1H3,(H,23,26). The molecule has 3 rings (SSSR count). The molecule has 0 bridgehead atoms. The van der Waals surface area contributed by atoms with Gasteiger partial charge in [-0.25, -0.2) is 0 Å². The summed E-state index contributed by atoms with van der Waals surface area (Å²) in [5.41, 5.74) is 3.25. The summed E-state index contributed by atoms with van der Waals surface area (Å²) in [7, 11) is 0. The maximum Gasteiger partial charge on any atom is 0.243 e. The molecule has 136 valence electrons. The minimum atomic E-state index is -0.144. The van der Waals surface area contributed by atoms with Crippen LogP contribution >= 0.6 is 0 Å². The van der Waals surface area contributed by atoms with Gasteiger partial charge in [-0.2, -0.15) is 0 Å². The van der Waals surface area contributed by atoms with Crippen molar-refractivity contribution < 1.29 is 9.59 Å². The molecule has 0 unspecified atom stereocenters. The van der Waals surface area contributed by atoms with Gasteiger partial charge < -0.3 is 15.5 Å². The largest absolute Gasteiger partial charge is 0.376 e. The third-order valence-corrected chi connectivity index (χ3v) is 4.62. The maximum atomic E-state index is 12.2. The van der Waals surface area contributed by atoms with E-state index in [1.165, 1.54) is 31.9 Å². The molecule has 1 heterocycles. The predicted octanol–water partition coefficient (Wildman–Crippen LogP) is 3.93. The average molecular weight is 351 g/mol. The van der Waals surface area contributed by atoms with Gasteiger partial charge in [-0.3, -0.25) is 9.59 Å². The molecule has 1 aliphatic heterocycles. The van der Waals surface area contributed by atoms with E-state index in [2.05, 4.69) is 27.7 Å². The van der Waals surface area contributed by atoms with Crippen LogP contribution in [0.1, 0.15) is 36.5 Å². The molecule has 2 aromatic rings. The highest BCUT2D eigenvalue weighted by molar-refractivity contribution is 6.00. The molecular formula is C21H25N3O2. The Morgan fingerprint density at radius 1 is 0.962 bits per heavy atom. The molecular weight excluding hydrogens is 326 g/mol. The van der Waals surface area contributed by atoms with Crippen LogP contribution in [0.25, 0.3) is 0 Å². The quantitative estimate of drug-likeness (QED) is 0.774. The van der Waals surface area contributed by atoms with Crippen molar-refractivity contribution in [3.05, 3.63) is 54.1 Å². The van der Waals surface area contributed by atoms with E-state index in [9.17, 15) is 9.59 Å². The van der Waals surface area contributed by atoms with E-state index in [-0.39, 0.29) is 18.2 Å². The number of amides is 1. The van der Waals surface area contributed by atoms with Gasteiger partial charge in [-0.1, -0.05) is 12.1 Å². The minimum absolute atomic E-state index is 0.0261. The van der Waals surface area contributed by atoms with Crippen molar-refractivity contribution in [1.29, 1.82) is 0 Å². The van der Waals surface area contributed by atoms with Crippen molar-refractivity contribution in [2.24, 2.45) is 0 Å². The first kappa shape index (κ1) is 18.0. The number of carbonyl (C=O) groups is 2. The van der Waals surface area contributed by atoms with Crippen LogP contribution < -0.4 is 15.5 Å². The summed E-state index contributed by atoms with van der Waals surface area (Å²) in [6.45, 7) is 3.83. The molecule has 1 fully saturated rings. The number of Topliss-reactive ketones (excluding diaryl/α,β-unsaturated/α-hetero) is 1. The maximum absolute atomic E-state index is 12.2. The molecule has 26 heavy (non-hydrogen) atoms. The second-order valence-electron chi connectivity index (χ2n) is 6.60. The Labute approximate surface area is 154 Å². The van der Waals surface area contributed by atoms with Crippen molar-refractivity contribution in [2.45, 2.75) is 26.2 Å². The Bertz CT molecular complexity index is 765. The number of piperidine rings is 1. The molecule has 5 nitrogen and oxygen atoms in total. The summed E-state index contributed by atoms with van der Waals surface area (Å²) in [6.07, 6.45) is 3.79. The number of carbonyl (C=O) groups excluding carboxylic acids is 2. The molecule has 1 aliphatic rings. The summed E-state index contributed by atoms with van der Waals surface area (Å²) < 4.78 is 0. The van der Waals surface area contributed by atoms with Crippen LogP contribution in [0.4, 0.5) is 17.1 Å². The molecule has 1 amide bonds. The Balaban J connectivity index is 1.54. The van der Waals surface area contributed by atoms with Gasteiger partial charge >= 0.3 is 0 Å². The first-order valence-electron chi connectivity index (χ1n) is 9.12. The fourth-order valence-electron chi connectivity index (χ4n) is 3.23. The Morgan fingerprint density at radius 3 is 2.35 bits per heavy atom. The zero-order chi connectivity index (χ0) is 18.4. The molecule has 2 aromatic carbocycles. The highest BCUT2D eigenvalue weighted by atomic mass is 16.2. The lowest BCUT2D eigenvalue weighted by molar-refractivity contribution is -0.114. The number of nitrogens with one attached hydrogen (secondary N) is 2. The van der Waals surface area contributed by atoms with Crippen LogP contribution in [0.15, 0.2) is 48.5 Å². The van der Waals surface area contributed by atoms with Crippen LogP contribution in [-0.4, -0.2) is 31.3 Å². The van der Waals surface area contributed by atoms with E-state index < -0.39 is 0 Å². The van der Waals surface area contributed by atoms with E-state index in [1.807, 2.05) is 24.3 Å². The highest BCUT2D eigenvalue weighted by Gasteiger charge is 2.11. The van der Waals surface area contributed by atoms with Crippen LogP contribution in [0.5, 0.6) is 0 Å². The van der Waals surface area contributed by atoms with Gasteiger partial charge in [0.05, 0.1) is 6.54 Å². The van der Waals surface area contributed by atoms with Gasteiger partial charge in [0.25, 0.3) is 0 Å². The third-order valence-electron chi connectivity index (χ3n) is 4.62. The average Bonchev–Trinajstić information content (AvgIpc) is 2.68. The van der Waals surface area contributed by atoms with Gasteiger partial charge in [0, 0.05) is 35.7 Å². The van der Waals surface area contributed by atoms with Crippen molar-refractivity contribution in [1.82, 2.24) is 0 Å². The highest BCUT2D eigenvalue weighted by Crippen LogP contribution is 2.22. The van der Waals surface area contributed by atoms with Crippen molar-refractivity contribution in [2.75, 3.05) is 35.2 Å². The molecule has 0 spiro atoms. The summed E-state index contributed by atoms with van der Waals surface area (Å²) in [5, 5.41) is 5.92. The van der Waals surface area contributed by atoms with Crippen LogP contribution in [0.2, 0.25) is 0 Å². The van der Waals surface area contributed by atoms with Gasteiger partial charge in [-0.15, -0.1) is 0 Å². The van der Waals surface area contributed by atoms with E-state index in [1.54, 1.807) is 12.1 Å². The lowest BCUT2D eigenvalue weighted by Crippen LogP contribution is -2.29. The number of para-hydroxylation sites is 1. The molecule has 0 aliphatic carbocycles. The minimum Gasteiger partial charge on any atom is -0.376 e. The van der Waals surface area contributed by atoms with E-state index in [4.69, 9.17) is 0 Å². The SMILES string of the molecule is CC(=O)c1ccccc1NCC(=O)Nc1ccc(N2CCCCC2)cc1. The molecule has 0 atom stereocenters. The lowest BCUT2D eigenvalue weighted by atomic mass is 10.1. The molecule has 2 N–H and O–H groups in total. The Morgan fingerprint density at radius 2 is 1.65 bits per heavy atom. The monoisotopic (exact) mass is 351 g/mol. The zero-order valence-electron chi connectivity index (χ0n) is 15.1. The number of nitrogens with zero attached hydrogens (tertiary/aromatic N) is 1. The van der Waals surface area contributed by atoms with Gasteiger partial charge in [0.15, 0.2) is 5.78 Å². The number of hydrogen-bond acceptors (Lipinski definition) is 4. The first-order valence-corrected chi connectivity index (χ1v) is 9.12. The Kier molecular flexibility index (Phi) is 5.89. The second kappa shape index (κ2) is 8.52. The van der Waals surface area contributed by atoms with E-state index >= 15 is 0 Å². The fraction of sp³-hybridized carbons (Fsp3) is 0.333. The van der Waals surface area contributed by atoms with E-state index in [0.29, 0.717) is 11.3 Å². The number of ketones is 1. The lowest BCUT2D eigenvalue weighted by Gasteiger charge is -2.28. The number of benzene rings is 2. The molecule has 0 aromatic heterocycles. The smallest absolute Gasteiger partial charge is 0.243 e. The van der Waals surface area contributed by atoms with Crippen LogP contribution in [0.3, 0.4) is 0 Å². The van der Waals surface area contributed by atoms with E-state index in [0.717, 1.165) is 18.8 Å². The van der Waals surface area contributed by atoms with Crippen molar-refractivity contribution in [3.8, 4) is 0 Å². The number of anilines is 3.